The zero-order valence-electron chi connectivity index (χ0n) is 14.1. The molecule has 8 nitrogen and oxygen atoms in total. The molecule has 0 aliphatic carbocycles. The van der Waals surface area contributed by atoms with Gasteiger partial charge in [-0.05, 0) is 18.6 Å². The van der Waals surface area contributed by atoms with Gasteiger partial charge in [0.05, 0.1) is 17.4 Å². The molecule has 2 atom stereocenters. The third kappa shape index (κ3) is 3.87. The fourth-order valence-corrected chi connectivity index (χ4v) is 5.26. The van der Waals surface area contributed by atoms with Crippen LogP contribution in [0.5, 0.6) is 0 Å². The summed E-state index contributed by atoms with van der Waals surface area (Å²) in [5, 5.41) is 9.13. The molecular weight excluding hydrogens is 360 g/mol. The molecule has 2 aliphatic rings. The van der Waals surface area contributed by atoms with Gasteiger partial charge in [0, 0.05) is 24.7 Å². The quantitative estimate of drug-likeness (QED) is 0.778. The second-order valence-corrected chi connectivity index (χ2v) is 8.89. The Balaban J connectivity index is 1.76. The third-order valence-corrected chi connectivity index (χ3v) is 6.53. The number of para-hydroxylation sites is 1. The van der Waals surface area contributed by atoms with Gasteiger partial charge < -0.3 is 14.9 Å². The molecule has 0 aromatic heterocycles. The number of carboxylic acid groups (broad SMARTS) is 1. The van der Waals surface area contributed by atoms with E-state index in [-0.39, 0.29) is 30.4 Å². The number of carbonyl (C=O) groups is 3. The van der Waals surface area contributed by atoms with Gasteiger partial charge in [-0.15, -0.1) is 0 Å². The maximum atomic E-state index is 12.9. The van der Waals surface area contributed by atoms with Crippen LogP contribution in [0.1, 0.15) is 12.8 Å². The predicted molar refractivity (Wildman–Crippen MR) is 93.3 cm³/mol. The molecule has 2 amide bonds. The van der Waals surface area contributed by atoms with Crippen LogP contribution in [0.25, 0.3) is 0 Å². The number of carboxylic acids is 1. The van der Waals surface area contributed by atoms with E-state index in [1.807, 2.05) is 0 Å². The Hall–Kier alpha value is -2.42. The first kappa shape index (κ1) is 18.4. The van der Waals surface area contributed by atoms with Gasteiger partial charge in [-0.1, -0.05) is 18.2 Å². The van der Waals surface area contributed by atoms with Crippen molar-refractivity contribution in [2.75, 3.05) is 29.5 Å². The second kappa shape index (κ2) is 7.06. The fraction of sp³-hybridized carbons (Fsp3) is 0.471. The van der Waals surface area contributed by atoms with E-state index in [0.29, 0.717) is 12.1 Å². The van der Waals surface area contributed by atoms with Crippen LogP contribution in [0.3, 0.4) is 0 Å². The number of aliphatic carboxylic acids is 1. The van der Waals surface area contributed by atoms with E-state index in [2.05, 4.69) is 0 Å². The molecule has 2 saturated heterocycles. The van der Waals surface area contributed by atoms with Gasteiger partial charge in [-0.3, -0.25) is 14.4 Å². The lowest BCUT2D eigenvalue weighted by molar-refractivity contribution is -0.137. The Kier molecular flexibility index (Phi) is 4.99. The molecule has 140 valence electrons. The first-order chi connectivity index (χ1) is 12.3. The lowest BCUT2D eigenvalue weighted by Crippen LogP contribution is -2.42. The van der Waals surface area contributed by atoms with Gasteiger partial charge in [-0.2, -0.15) is 0 Å². The number of sulfone groups is 1. The fourth-order valence-electron chi connectivity index (χ4n) is 3.53. The molecular formula is C17H20N2O6S. The summed E-state index contributed by atoms with van der Waals surface area (Å²) >= 11 is 0. The van der Waals surface area contributed by atoms with Crippen molar-refractivity contribution in [2.45, 2.75) is 18.9 Å². The number of carbonyl (C=O) groups excluding carboxylic acids is 2. The third-order valence-electron chi connectivity index (χ3n) is 4.78. The molecule has 2 fully saturated rings. The summed E-state index contributed by atoms with van der Waals surface area (Å²) in [5.41, 5.74) is 0.453. The lowest BCUT2D eigenvalue weighted by Gasteiger charge is -2.26. The monoisotopic (exact) mass is 380 g/mol. The summed E-state index contributed by atoms with van der Waals surface area (Å²) in [6.45, 7) is -0.369. The minimum atomic E-state index is -3.14. The molecule has 0 bridgehead atoms. The van der Waals surface area contributed by atoms with Crippen LogP contribution in [-0.2, 0) is 24.2 Å². The van der Waals surface area contributed by atoms with Crippen LogP contribution in [0, 0.1) is 5.92 Å². The number of anilines is 1. The number of amides is 2. The zero-order valence-corrected chi connectivity index (χ0v) is 14.9. The van der Waals surface area contributed by atoms with Crippen molar-refractivity contribution < 1.29 is 27.9 Å². The Morgan fingerprint density at radius 2 is 1.92 bits per heavy atom. The van der Waals surface area contributed by atoms with Crippen LogP contribution in [-0.4, -0.2) is 66.8 Å². The molecule has 1 aromatic carbocycles. The van der Waals surface area contributed by atoms with Crippen molar-refractivity contribution >= 4 is 33.3 Å². The van der Waals surface area contributed by atoms with Crippen molar-refractivity contribution in [2.24, 2.45) is 5.92 Å². The zero-order chi connectivity index (χ0) is 18.9. The summed E-state index contributed by atoms with van der Waals surface area (Å²) in [6, 6.07) is 8.04. The number of benzene rings is 1. The number of hydrogen-bond donors (Lipinski definition) is 1. The van der Waals surface area contributed by atoms with E-state index in [9.17, 15) is 22.8 Å². The van der Waals surface area contributed by atoms with E-state index in [0.717, 1.165) is 4.90 Å². The first-order valence-corrected chi connectivity index (χ1v) is 10.2. The van der Waals surface area contributed by atoms with E-state index in [1.54, 1.807) is 30.3 Å². The average Bonchev–Trinajstić information content (AvgIpc) is 3.15. The normalized spacial score (nSPS) is 24.6. The number of hydrogen-bond acceptors (Lipinski definition) is 5. The van der Waals surface area contributed by atoms with Gasteiger partial charge in [-0.25, -0.2) is 8.42 Å². The summed E-state index contributed by atoms with van der Waals surface area (Å²) < 4.78 is 23.3. The van der Waals surface area contributed by atoms with Crippen molar-refractivity contribution in [3.05, 3.63) is 30.3 Å². The Morgan fingerprint density at radius 1 is 1.23 bits per heavy atom. The first-order valence-electron chi connectivity index (χ1n) is 8.35. The van der Waals surface area contributed by atoms with Crippen molar-refractivity contribution in [1.29, 1.82) is 0 Å². The molecule has 0 saturated carbocycles. The summed E-state index contributed by atoms with van der Waals surface area (Å²) in [4.78, 5) is 39.0. The van der Waals surface area contributed by atoms with Crippen molar-refractivity contribution in [3.63, 3.8) is 0 Å². The SMILES string of the molecule is O=C(O)CN(C(=O)C1CC(=O)N(C2CCS(=O)(=O)C2)C1)c1ccccc1. The summed E-state index contributed by atoms with van der Waals surface area (Å²) in [5.74, 6) is -2.54. The minimum Gasteiger partial charge on any atom is -0.480 e. The van der Waals surface area contributed by atoms with Gasteiger partial charge in [0.15, 0.2) is 9.84 Å². The van der Waals surface area contributed by atoms with E-state index < -0.39 is 40.2 Å². The number of rotatable bonds is 5. The molecule has 1 aromatic rings. The predicted octanol–water partition coefficient (Wildman–Crippen LogP) is 0.140. The van der Waals surface area contributed by atoms with E-state index in [4.69, 9.17) is 5.11 Å². The number of nitrogens with zero attached hydrogens (tertiary/aromatic N) is 2. The van der Waals surface area contributed by atoms with E-state index >= 15 is 0 Å². The molecule has 3 rings (SSSR count). The maximum absolute atomic E-state index is 12.9. The second-order valence-electron chi connectivity index (χ2n) is 6.66. The van der Waals surface area contributed by atoms with Gasteiger partial charge in [0.2, 0.25) is 11.8 Å². The highest BCUT2D eigenvalue weighted by atomic mass is 32.2. The number of likely N-dealkylation sites (tertiary alicyclic amines) is 1. The standard InChI is InChI=1S/C17H20N2O6S/c20-15-8-12(9-18(15)14-6-7-26(24,25)11-14)17(23)19(10-16(21)22)13-4-2-1-3-5-13/h1-5,12,14H,6-11H2,(H,21,22). The topological polar surface area (TPSA) is 112 Å². The van der Waals surface area contributed by atoms with E-state index in [1.165, 1.54) is 4.90 Å². The molecule has 9 heteroatoms. The van der Waals surface area contributed by atoms with Crippen LogP contribution in [0.4, 0.5) is 5.69 Å². The molecule has 0 spiro atoms. The van der Waals surface area contributed by atoms with Crippen LogP contribution in [0.15, 0.2) is 30.3 Å². The van der Waals surface area contributed by atoms with Gasteiger partial charge >= 0.3 is 5.97 Å². The molecule has 2 heterocycles. The summed E-state index contributed by atoms with van der Waals surface area (Å²) in [7, 11) is -3.14. The highest BCUT2D eigenvalue weighted by molar-refractivity contribution is 7.91. The highest BCUT2D eigenvalue weighted by Gasteiger charge is 2.43. The molecule has 2 unspecified atom stereocenters. The maximum Gasteiger partial charge on any atom is 0.323 e. The minimum absolute atomic E-state index is 0.0294. The van der Waals surface area contributed by atoms with Crippen molar-refractivity contribution in [1.82, 2.24) is 4.90 Å². The largest absolute Gasteiger partial charge is 0.480 e. The summed E-state index contributed by atoms with van der Waals surface area (Å²) in [6.07, 6.45) is 0.352. The molecule has 2 aliphatic heterocycles. The van der Waals surface area contributed by atoms with Gasteiger partial charge in [0.1, 0.15) is 6.54 Å². The van der Waals surface area contributed by atoms with Gasteiger partial charge in [0.25, 0.3) is 0 Å². The Labute approximate surface area is 151 Å². The lowest BCUT2D eigenvalue weighted by atomic mass is 10.1. The average molecular weight is 380 g/mol. The molecule has 26 heavy (non-hydrogen) atoms. The van der Waals surface area contributed by atoms with Crippen LogP contribution in [0.2, 0.25) is 0 Å². The molecule has 1 N–H and O–H groups in total. The Morgan fingerprint density at radius 3 is 2.50 bits per heavy atom. The smallest absolute Gasteiger partial charge is 0.323 e. The molecule has 0 radical (unpaired) electrons. The Bertz CT molecular complexity index is 823. The van der Waals surface area contributed by atoms with Crippen LogP contribution < -0.4 is 4.90 Å². The van der Waals surface area contributed by atoms with Crippen LogP contribution >= 0.6 is 0 Å². The van der Waals surface area contributed by atoms with Crippen molar-refractivity contribution in [3.8, 4) is 0 Å². The highest BCUT2D eigenvalue weighted by Crippen LogP contribution is 2.28.